The average Bonchev–Trinajstić information content (AvgIpc) is 2.63. The summed E-state index contributed by atoms with van der Waals surface area (Å²) in [7, 11) is -4.14. The fourth-order valence-electron chi connectivity index (χ4n) is 2.37. The molecule has 2 aromatic carbocycles. The molecule has 19 heavy (non-hydrogen) atoms. The summed E-state index contributed by atoms with van der Waals surface area (Å²) < 4.78 is 31.2. The fourth-order valence-corrected chi connectivity index (χ4v) is 2.90. The second-order valence-corrected chi connectivity index (χ2v) is 5.81. The van der Waals surface area contributed by atoms with Crippen molar-refractivity contribution in [3.8, 4) is 11.1 Å². The van der Waals surface area contributed by atoms with Crippen molar-refractivity contribution in [2.24, 2.45) is 0 Å². The zero-order valence-electron chi connectivity index (χ0n) is 10.4. The number of fused-ring (bicyclic) bond motifs is 3. The van der Waals surface area contributed by atoms with E-state index in [1.807, 2.05) is 18.2 Å². The molecule has 0 bridgehead atoms. The minimum atomic E-state index is -4.14. The standard InChI is InChI=1S/C13H11NO3S.Na/c14-10-1-3-12-8(6-10)5-9-7-11(18(15,16)17)2-4-13(9)12;/h1-4,6-7H,5,14H2,(H,15,16,17);. The number of anilines is 1. The van der Waals surface area contributed by atoms with E-state index in [0.29, 0.717) is 12.1 Å². The first-order valence-electron chi connectivity index (χ1n) is 5.44. The Labute approximate surface area is 133 Å². The number of rotatable bonds is 1. The summed E-state index contributed by atoms with van der Waals surface area (Å²) in [6.07, 6.45) is 0.638. The van der Waals surface area contributed by atoms with Crippen molar-refractivity contribution in [3.63, 3.8) is 0 Å². The zero-order valence-corrected chi connectivity index (χ0v) is 13.2. The molecular formula is C13H11NNaO3S. The third-order valence-corrected chi connectivity index (χ3v) is 4.02. The first-order chi connectivity index (χ1) is 8.45. The molecule has 0 saturated heterocycles. The summed E-state index contributed by atoms with van der Waals surface area (Å²) >= 11 is 0. The second-order valence-electron chi connectivity index (χ2n) is 4.39. The summed E-state index contributed by atoms with van der Waals surface area (Å²) in [5, 5.41) is 0. The topological polar surface area (TPSA) is 80.4 Å². The van der Waals surface area contributed by atoms with Crippen molar-refractivity contribution >= 4 is 45.4 Å². The van der Waals surface area contributed by atoms with Crippen LogP contribution >= 0.6 is 0 Å². The van der Waals surface area contributed by atoms with Gasteiger partial charge in [-0.1, -0.05) is 12.1 Å². The van der Waals surface area contributed by atoms with E-state index >= 15 is 0 Å². The first kappa shape index (κ1) is 14.6. The Morgan fingerprint density at radius 3 is 2.21 bits per heavy atom. The molecule has 0 aliphatic heterocycles. The molecule has 0 amide bonds. The number of hydrogen-bond donors (Lipinski definition) is 2. The predicted octanol–water partition coefficient (Wildman–Crippen LogP) is 1.71. The third-order valence-electron chi connectivity index (χ3n) is 3.17. The summed E-state index contributed by atoms with van der Waals surface area (Å²) in [5.74, 6) is 0. The van der Waals surface area contributed by atoms with E-state index < -0.39 is 10.1 Å². The predicted molar refractivity (Wildman–Crippen MR) is 74.7 cm³/mol. The van der Waals surface area contributed by atoms with Gasteiger partial charge >= 0.3 is 0 Å². The van der Waals surface area contributed by atoms with Gasteiger partial charge in [0, 0.05) is 35.2 Å². The van der Waals surface area contributed by atoms with E-state index in [4.69, 9.17) is 10.3 Å². The second kappa shape index (κ2) is 4.92. The Balaban J connectivity index is 0.00000133. The minimum absolute atomic E-state index is 0. The van der Waals surface area contributed by atoms with Crippen LogP contribution in [0, 0.1) is 0 Å². The Kier molecular flexibility index (Phi) is 3.77. The van der Waals surface area contributed by atoms with Crippen molar-refractivity contribution in [2.45, 2.75) is 11.3 Å². The third kappa shape index (κ3) is 2.57. The molecule has 93 valence electrons. The first-order valence-corrected chi connectivity index (χ1v) is 6.88. The minimum Gasteiger partial charge on any atom is -0.399 e. The van der Waals surface area contributed by atoms with Gasteiger partial charge in [-0.05, 0) is 52.9 Å². The van der Waals surface area contributed by atoms with Crippen molar-refractivity contribution in [3.05, 3.63) is 47.5 Å². The molecule has 0 aromatic heterocycles. The molecule has 3 N–H and O–H groups in total. The Morgan fingerprint density at radius 2 is 1.58 bits per heavy atom. The van der Waals surface area contributed by atoms with Gasteiger partial charge in [0.15, 0.2) is 0 Å². The van der Waals surface area contributed by atoms with Crippen LogP contribution in [0.1, 0.15) is 11.1 Å². The van der Waals surface area contributed by atoms with Crippen molar-refractivity contribution in [1.29, 1.82) is 0 Å². The van der Waals surface area contributed by atoms with E-state index in [1.165, 1.54) is 12.1 Å². The van der Waals surface area contributed by atoms with E-state index in [0.717, 1.165) is 22.3 Å². The van der Waals surface area contributed by atoms with Crippen LogP contribution < -0.4 is 5.73 Å². The quantitative estimate of drug-likeness (QED) is 0.405. The van der Waals surface area contributed by atoms with E-state index in [9.17, 15) is 8.42 Å². The van der Waals surface area contributed by atoms with Crippen LogP contribution in [0.15, 0.2) is 41.3 Å². The molecule has 0 unspecified atom stereocenters. The van der Waals surface area contributed by atoms with Gasteiger partial charge < -0.3 is 5.73 Å². The van der Waals surface area contributed by atoms with E-state index in [2.05, 4.69) is 0 Å². The normalized spacial score (nSPS) is 12.5. The van der Waals surface area contributed by atoms with Crippen LogP contribution in [-0.2, 0) is 16.5 Å². The van der Waals surface area contributed by atoms with Crippen LogP contribution in [0.25, 0.3) is 11.1 Å². The van der Waals surface area contributed by atoms with Crippen molar-refractivity contribution in [2.75, 3.05) is 5.73 Å². The molecule has 0 atom stereocenters. The fraction of sp³-hybridized carbons (Fsp3) is 0.0769. The number of hydrogen-bond acceptors (Lipinski definition) is 3. The number of nitrogens with two attached hydrogens (primary N) is 1. The molecule has 2 aromatic rings. The maximum atomic E-state index is 11.1. The van der Waals surface area contributed by atoms with Gasteiger partial charge in [-0.2, -0.15) is 8.42 Å². The largest absolute Gasteiger partial charge is 0.399 e. The van der Waals surface area contributed by atoms with Crippen molar-refractivity contribution < 1.29 is 13.0 Å². The molecule has 4 nitrogen and oxygen atoms in total. The molecule has 0 spiro atoms. The van der Waals surface area contributed by atoms with Crippen LogP contribution in [0.3, 0.4) is 0 Å². The van der Waals surface area contributed by atoms with E-state index in [1.54, 1.807) is 6.07 Å². The molecule has 6 heteroatoms. The van der Waals surface area contributed by atoms with Crippen LogP contribution in [-0.4, -0.2) is 42.5 Å². The van der Waals surface area contributed by atoms with Gasteiger partial charge in [0.2, 0.25) is 0 Å². The van der Waals surface area contributed by atoms with Crippen LogP contribution in [0.2, 0.25) is 0 Å². The molecule has 1 radical (unpaired) electrons. The monoisotopic (exact) mass is 284 g/mol. The van der Waals surface area contributed by atoms with Crippen LogP contribution in [0.5, 0.6) is 0 Å². The maximum Gasteiger partial charge on any atom is 0.294 e. The molecule has 0 fully saturated rings. The summed E-state index contributed by atoms with van der Waals surface area (Å²) in [6.45, 7) is 0. The zero-order chi connectivity index (χ0) is 12.9. The van der Waals surface area contributed by atoms with E-state index in [-0.39, 0.29) is 34.5 Å². The molecular weight excluding hydrogens is 273 g/mol. The molecule has 0 heterocycles. The SMILES string of the molecule is Nc1ccc2c(c1)Cc1cc(S(=O)(=O)O)ccc1-2.[Na]. The van der Waals surface area contributed by atoms with Gasteiger partial charge in [0.25, 0.3) is 10.1 Å². The molecule has 3 rings (SSSR count). The van der Waals surface area contributed by atoms with Crippen LogP contribution in [0.4, 0.5) is 5.69 Å². The maximum absolute atomic E-state index is 11.1. The molecule has 0 saturated carbocycles. The smallest absolute Gasteiger partial charge is 0.294 e. The van der Waals surface area contributed by atoms with Gasteiger partial charge in [0.05, 0.1) is 4.90 Å². The molecule has 1 aliphatic carbocycles. The average molecular weight is 284 g/mol. The van der Waals surface area contributed by atoms with Gasteiger partial charge in [-0.3, -0.25) is 4.55 Å². The molecule has 1 aliphatic rings. The van der Waals surface area contributed by atoms with Gasteiger partial charge in [-0.15, -0.1) is 0 Å². The summed E-state index contributed by atoms with van der Waals surface area (Å²) in [5.41, 5.74) is 10.5. The number of nitrogen functional groups attached to an aromatic ring is 1. The Bertz CT molecular complexity index is 756. The summed E-state index contributed by atoms with van der Waals surface area (Å²) in [6, 6.07) is 10.3. The summed E-state index contributed by atoms with van der Waals surface area (Å²) in [4.78, 5) is -0.0676. The van der Waals surface area contributed by atoms with Gasteiger partial charge in [0.1, 0.15) is 0 Å². The van der Waals surface area contributed by atoms with Crippen molar-refractivity contribution in [1.82, 2.24) is 0 Å². The Hall–Kier alpha value is -0.850. The van der Waals surface area contributed by atoms with Gasteiger partial charge in [-0.25, -0.2) is 0 Å². The Morgan fingerprint density at radius 1 is 1.00 bits per heavy atom. The number of benzene rings is 2.